The van der Waals surface area contributed by atoms with Gasteiger partial charge in [0.05, 0.1) is 17.3 Å². The van der Waals surface area contributed by atoms with Crippen molar-refractivity contribution in [2.75, 3.05) is 6.54 Å². The van der Waals surface area contributed by atoms with Gasteiger partial charge in [0.25, 0.3) is 0 Å². The van der Waals surface area contributed by atoms with Gasteiger partial charge in [-0.2, -0.15) is 0 Å². The Balaban J connectivity index is 2.12. The van der Waals surface area contributed by atoms with Gasteiger partial charge < -0.3 is 9.73 Å². The minimum Gasteiger partial charge on any atom is -0.467 e. The van der Waals surface area contributed by atoms with E-state index in [1.807, 2.05) is 13.0 Å². The molecule has 1 atom stereocenters. The van der Waals surface area contributed by atoms with Gasteiger partial charge in [-0.15, -0.1) is 11.3 Å². The number of hydrogen-bond donors (Lipinski definition) is 1. The third kappa shape index (κ3) is 3.21. The van der Waals surface area contributed by atoms with Gasteiger partial charge in [0.15, 0.2) is 0 Å². The summed E-state index contributed by atoms with van der Waals surface area (Å²) in [5.41, 5.74) is 2.30. The van der Waals surface area contributed by atoms with Crippen LogP contribution in [0.2, 0.25) is 0 Å². The first-order valence-electron chi connectivity index (χ1n) is 6.39. The van der Waals surface area contributed by atoms with E-state index in [0.717, 1.165) is 35.8 Å². The molecule has 2 aromatic heterocycles. The standard InChI is InChI=1S/C14H20N2OS/c1-4-6-15-12(14-10(2)5-7-17-14)8-13-16-11(3)9-18-13/h5,7,9,12,15H,4,6,8H2,1-3H3. The Hall–Kier alpha value is -1.13. The number of hydrogen-bond acceptors (Lipinski definition) is 4. The maximum absolute atomic E-state index is 5.62. The molecular formula is C14H20N2OS. The molecule has 0 aliphatic carbocycles. The average molecular weight is 264 g/mol. The molecule has 2 rings (SSSR count). The normalized spacial score (nSPS) is 12.8. The third-order valence-corrected chi connectivity index (χ3v) is 3.89. The number of nitrogens with one attached hydrogen (secondary N) is 1. The molecule has 0 saturated heterocycles. The Morgan fingerprint density at radius 3 is 2.83 bits per heavy atom. The van der Waals surface area contributed by atoms with Crippen molar-refractivity contribution in [3.63, 3.8) is 0 Å². The van der Waals surface area contributed by atoms with Crippen LogP contribution in [0.5, 0.6) is 0 Å². The summed E-state index contributed by atoms with van der Waals surface area (Å²) in [6, 6.07) is 2.24. The van der Waals surface area contributed by atoms with Crippen LogP contribution in [0.25, 0.3) is 0 Å². The van der Waals surface area contributed by atoms with E-state index in [0.29, 0.717) is 0 Å². The first-order chi connectivity index (χ1) is 8.70. The van der Waals surface area contributed by atoms with Crippen LogP contribution < -0.4 is 5.32 Å². The highest BCUT2D eigenvalue weighted by Crippen LogP contribution is 2.24. The molecule has 0 saturated carbocycles. The van der Waals surface area contributed by atoms with Crippen LogP contribution in [0.15, 0.2) is 22.1 Å². The number of nitrogens with zero attached hydrogens (tertiary/aromatic N) is 1. The van der Waals surface area contributed by atoms with Gasteiger partial charge in [0, 0.05) is 17.5 Å². The number of aromatic nitrogens is 1. The topological polar surface area (TPSA) is 38.1 Å². The van der Waals surface area contributed by atoms with E-state index >= 15 is 0 Å². The van der Waals surface area contributed by atoms with E-state index in [2.05, 4.69) is 29.5 Å². The maximum Gasteiger partial charge on any atom is 0.123 e. The largest absolute Gasteiger partial charge is 0.467 e. The molecule has 0 radical (unpaired) electrons. The molecule has 0 spiro atoms. The minimum atomic E-state index is 0.227. The molecular weight excluding hydrogens is 244 g/mol. The summed E-state index contributed by atoms with van der Waals surface area (Å²) in [6.07, 6.45) is 3.78. The first-order valence-corrected chi connectivity index (χ1v) is 7.27. The molecule has 18 heavy (non-hydrogen) atoms. The van der Waals surface area contributed by atoms with Crippen LogP contribution in [-0.2, 0) is 6.42 Å². The molecule has 2 aromatic rings. The van der Waals surface area contributed by atoms with Crippen molar-refractivity contribution in [2.24, 2.45) is 0 Å². The van der Waals surface area contributed by atoms with Crippen LogP contribution >= 0.6 is 11.3 Å². The lowest BCUT2D eigenvalue weighted by atomic mass is 10.1. The summed E-state index contributed by atoms with van der Waals surface area (Å²) in [5.74, 6) is 1.04. The number of furan rings is 1. The van der Waals surface area contributed by atoms with Crippen molar-refractivity contribution in [2.45, 2.75) is 39.7 Å². The lowest BCUT2D eigenvalue weighted by molar-refractivity contribution is 0.407. The van der Waals surface area contributed by atoms with Crippen LogP contribution in [0.4, 0.5) is 0 Å². The van der Waals surface area contributed by atoms with Crippen LogP contribution in [0, 0.1) is 13.8 Å². The lowest BCUT2D eigenvalue weighted by Gasteiger charge is -2.16. The smallest absolute Gasteiger partial charge is 0.123 e. The fourth-order valence-corrected chi connectivity index (χ4v) is 2.81. The molecule has 0 aromatic carbocycles. The molecule has 0 amide bonds. The molecule has 98 valence electrons. The first kappa shape index (κ1) is 13.3. The molecule has 1 N–H and O–H groups in total. The maximum atomic E-state index is 5.62. The van der Waals surface area contributed by atoms with Crippen LogP contribution in [-0.4, -0.2) is 11.5 Å². The van der Waals surface area contributed by atoms with Gasteiger partial charge in [0.1, 0.15) is 5.76 Å². The highest BCUT2D eigenvalue weighted by atomic mass is 32.1. The summed E-state index contributed by atoms with van der Waals surface area (Å²) in [6.45, 7) is 7.29. The fourth-order valence-electron chi connectivity index (χ4n) is 1.99. The Labute approximate surface area is 112 Å². The lowest BCUT2D eigenvalue weighted by Crippen LogP contribution is -2.24. The van der Waals surface area contributed by atoms with E-state index in [-0.39, 0.29) is 6.04 Å². The second kappa shape index (κ2) is 6.16. The third-order valence-electron chi connectivity index (χ3n) is 2.90. The van der Waals surface area contributed by atoms with Gasteiger partial charge >= 0.3 is 0 Å². The summed E-state index contributed by atoms with van der Waals surface area (Å²) in [5, 5.41) is 6.81. The second-order valence-electron chi connectivity index (χ2n) is 4.56. The second-order valence-corrected chi connectivity index (χ2v) is 5.50. The fraction of sp³-hybridized carbons (Fsp3) is 0.500. The highest BCUT2D eigenvalue weighted by molar-refractivity contribution is 7.09. The predicted octanol–water partition coefficient (Wildman–Crippen LogP) is 3.64. The van der Waals surface area contributed by atoms with Crippen molar-refractivity contribution in [1.82, 2.24) is 10.3 Å². The van der Waals surface area contributed by atoms with Gasteiger partial charge in [-0.25, -0.2) is 4.98 Å². The van der Waals surface area contributed by atoms with E-state index in [9.17, 15) is 0 Å². The molecule has 0 aliphatic rings. The Morgan fingerprint density at radius 1 is 1.44 bits per heavy atom. The summed E-state index contributed by atoms with van der Waals surface area (Å²) >= 11 is 1.72. The highest BCUT2D eigenvalue weighted by Gasteiger charge is 2.18. The zero-order valence-corrected chi connectivity index (χ0v) is 12.0. The average Bonchev–Trinajstić information content (AvgIpc) is 2.93. The monoisotopic (exact) mass is 264 g/mol. The van der Waals surface area contributed by atoms with E-state index < -0.39 is 0 Å². The molecule has 0 fully saturated rings. The van der Waals surface area contributed by atoms with Gasteiger partial charge in [-0.05, 0) is 38.4 Å². The number of aryl methyl sites for hydroxylation is 2. The summed E-state index contributed by atoms with van der Waals surface area (Å²) in [4.78, 5) is 4.53. The SMILES string of the molecule is CCCNC(Cc1nc(C)cs1)c1occc1C. The molecule has 2 heterocycles. The molecule has 1 unspecified atom stereocenters. The zero-order chi connectivity index (χ0) is 13.0. The Morgan fingerprint density at radius 2 is 2.28 bits per heavy atom. The van der Waals surface area contributed by atoms with Gasteiger partial charge in [-0.1, -0.05) is 6.92 Å². The number of rotatable bonds is 6. The van der Waals surface area contributed by atoms with Crippen LogP contribution in [0.1, 0.15) is 41.4 Å². The quantitative estimate of drug-likeness (QED) is 0.865. The molecule has 4 heteroatoms. The van der Waals surface area contributed by atoms with Crippen LogP contribution in [0.3, 0.4) is 0 Å². The van der Waals surface area contributed by atoms with Gasteiger partial charge in [0.2, 0.25) is 0 Å². The molecule has 3 nitrogen and oxygen atoms in total. The Bertz CT molecular complexity index is 489. The molecule has 0 aliphatic heterocycles. The zero-order valence-electron chi connectivity index (χ0n) is 11.2. The van der Waals surface area contributed by atoms with Crippen molar-refractivity contribution in [1.29, 1.82) is 0 Å². The van der Waals surface area contributed by atoms with E-state index in [4.69, 9.17) is 4.42 Å². The van der Waals surface area contributed by atoms with Crippen molar-refractivity contribution in [3.05, 3.63) is 39.7 Å². The van der Waals surface area contributed by atoms with E-state index in [1.165, 1.54) is 5.56 Å². The van der Waals surface area contributed by atoms with Crippen molar-refractivity contribution >= 4 is 11.3 Å². The van der Waals surface area contributed by atoms with E-state index in [1.54, 1.807) is 17.6 Å². The number of thiazole rings is 1. The molecule has 0 bridgehead atoms. The summed E-state index contributed by atoms with van der Waals surface area (Å²) in [7, 11) is 0. The van der Waals surface area contributed by atoms with Gasteiger partial charge in [-0.3, -0.25) is 0 Å². The summed E-state index contributed by atoms with van der Waals surface area (Å²) < 4.78 is 5.62. The van der Waals surface area contributed by atoms with Crippen molar-refractivity contribution in [3.8, 4) is 0 Å². The Kier molecular flexibility index (Phi) is 4.55. The minimum absolute atomic E-state index is 0.227. The predicted molar refractivity (Wildman–Crippen MR) is 75.0 cm³/mol. The van der Waals surface area contributed by atoms with Crippen molar-refractivity contribution < 1.29 is 4.42 Å².